The number of nitrogens with two attached hydrogens (primary N) is 1. The Labute approximate surface area is 140 Å². The van der Waals surface area contributed by atoms with Crippen molar-refractivity contribution >= 4 is 33.4 Å². The Hall–Kier alpha value is -1.99. The van der Waals surface area contributed by atoms with Gasteiger partial charge in [-0.1, -0.05) is 31.2 Å². The standard InChI is InChI=1S/C16H18N2O3S2/c1-2-12-7-9-13(10-8-12)23(20,21)18-14-5-3-4-6-15(14)22-11-16(17)19/h3-10,18H,2,11H2,1H3,(H2,17,19). The molecule has 7 heteroatoms. The molecule has 122 valence electrons. The highest BCUT2D eigenvalue weighted by molar-refractivity contribution is 8.00. The summed E-state index contributed by atoms with van der Waals surface area (Å²) in [5.41, 5.74) is 6.64. The van der Waals surface area contributed by atoms with Crippen molar-refractivity contribution in [3.05, 3.63) is 54.1 Å². The number of aryl methyl sites for hydroxylation is 1. The van der Waals surface area contributed by atoms with Crippen LogP contribution in [0.5, 0.6) is 0 Å². The Morgan fingerprint density at radius 2 is 1.78 bits per heavy atom. The summed E-state index contributed by atoms with van der Waals surface area (Å²) in [7, 11) is -3.68. The fourth-order valence-corrected chi connectivity index (χ4v) is 3.83. The lowest BCUT2D eigenvalue weighted by Crippen LogP contribution is -2.15. The van der Waals surface area contributed by atoms with Gasteiger partial charge in [-0.25, -0.2) is 8.42 Å². The van der Waals surface area contributed by atoms with Crippen LogP contribution in [0.25, 0.3) is 0 Å². The molecule has 0 heterocycles. The number of anilines is 1. The monoisotopic (exact) mass is 350 g/mol. The third-order valence-electron chi connectivity index (χ3n) is 3.14. The van der Waals surface area contributed by atoms with Crippen LogP contribution >= 0.6 is 11.8 Å². The van der Waals surface area contributed by atoms with Crippen LogP contribution in [0.1, 0.15) is 12.5 Å². The van der Waals surface area contributed by atoms with Gasteiger partial charge in [0.2, 0.25) is 5.91 Å². The number of hydrogen-bond acceptors (Lipinski definition) is 4. The number of primary amides is 1. The molecule has 0 bridgehead atoms. The lowest BCUT2D eigenvalue weighted by atomic mass is 10.2. The Balaban J connectivity index is 2.24. The zero-order valence-electron chi connectivity index (χ0n) is 12.7. The molecule has 5 nitrogen and oxygen atoms in total. The van der Waals surface area contributed by atoms with Crippen LogP contribution in [-0.2, 0) is 21.2 Å². The second-order valence-corrected chi connectivity index (χ2v) is 7.55. The molecule has 2 aromatic carbocycles. The average Bonchev–Trinajstić information content (AvgIpc) is 2.53. The number of para-hydroxylation sites is 1. The normalized spacial score (nSPS) is 11.2. The summed E-state index contributed by atoms with van der Waals surface area (Å²) in [6.07, 6.45) is 0.848. The van der Waals surface area contributed by atoms with Crippen molar-refractivity contribution in [2.45, 2.75) is 23.1 Å². The first-order valence-corrected chi connectivity index (χ1v) is 9.51. The first-order chi connectivity index (χ1) is 10.9. The minimum atomic E-state index is -3.68. The van der Waals surface area contributed by atoms with Gasteiger partial charge in [0.15, 0.2) is 0 Å². The topological polar surface area (TPSA) is 89.3 Å². The summed E-state index contributed by atoms with van der Waals surface area (Å²) in [6, 6.07) is 13.7. The number of carbonyl (C=O) groups excluding carboxylic acids is 1. The van der Waals surface area contributed by atoms with Crippen molar-refractivity contribution in [2.24, 2.45) is 5.73 Å². The molecule has 2 aromatic rings. The largest absolute Gasteiger partial charge is 0.369 e. The third-order valence-corrected chi connectivity index (χ3v) is 5.62. The van der Waals surface area contributed by atoms with Crippen molar-refractivity contribution < 1.29 is 13.2 Å². The van der Waals surface area contributed by atoms with Gasteiger partial charge in [-0.15, -0.1) is 11.8 Å². The van der Waals surface area contributed by atoms with Crippen LogP contribution in [0.2, 0.25) is 0 Å². The number of carbonyl (C=O) groups is 1. The molecule has 0 unspecified atom stereocenters. The molecule has 3 N–H and O–H groups in total. The molecular weight excluding hydrogens is 332 g/mol. The molecule has 0 atom stereocenters. The highest BCUT2D eigenvalue weighted by Gasteiger charge is 2.16. The van der Waals surface area contributed by atoms with Gasteiger partial charge in [0.05, 0.1) is 16.3 Å². The Kier molecular flexibility index (Phi) is 5.68. The first kappa shape index (κ1) is 17.4. The minimum absolute atomic E-state index is 0.0872. The van der Waals surface area contributed by atoms with Gasteiger partial charge in [-0.05, 0) is 36.2 Å². The fraction of sp³-hybridized carbons (Fsp3) is 0.188. The molecule has 0 radical (unpaired) electrons. The van der Waals surface area contributed by atoms with Crippen LogP contribution < -0.4 is 10.5 Å². The van der Waals surface area contributed by atoms with E-state index < -0.39 is 15.9 Å². The van der Waals surface area contributed by atoms with E-state index in [0.29, 0.717) is 10.6 Å². The van der Waals surface area contributed by atoms with Gasteiger partial charge in [0, 0.05) is 4.90 Å². The van der Waals surface area contributed by atoms with Crippen LogP contribution in [0.4, 0.5) is 5.69 Å². The lowest BCUT2D eigenvalue weighted by Gasteiger charge is -2.12. The second-order valence-electron chi connectivity index (χ2n) is 4.85. The predicted molar refractivity (Wildman–Crippen MR) is 93.0 cm³/mol. The zero-order valence-corrected chi connectivity index (χ0v) is 14.3. The van der Waals surface area contributed by atoms with E-state index in [9.17, 15) is 13.2 Å². The van der Waals surface area contributed by atoms with Crippen molar-refractivity contribution in [1.82, 2.24) is 0 Å². The molecule has 0 saturated heterocycles. The number of sulfonamides is 1. The summed E-state index contributed by atoms with van der Waals surface area (Å²) < 4.78 is 27.5. The Bertz CT molecular complexity index is 787. The minimum Gasteiger partial charge on any atom is -0.369 e. The van der Waals surface area contributed by atoms with Crippen molar-refractivity contribution in [3.63, 3.8) is 0 Å². The fourth-order valence-electron chi connectivity index (χ4n) is 1.93. The van der Waals surface area contributed by atoms with E-state index in [-0.39, 0.29) is 10.6 Å². The van der Waals surface area contributed by atoms with E-state index in [1.807, 2.05) is 6.92 Å². The van der Waals surface area contributed by atoms with Gasteiger partial charge >= 0.3 is 0 Å². The smallest absolute Gasteiger partial charge is 0.261 e. The molecule has 0 aliphatic heterocycles. The summed E-state index contributed by atoms with van der Waals surface area (Å²) in [5.74, 6) is -0.368. The predicted octanol–water partition coefficient (Wildman–Crippen LogP) is 2.63. The van der Waals surface area contributed by atoms with Gasteiger partial charge in [0.1, 0.15) is 0 Å². The van der Waals surface area contributed by atoms with E-state index in [1.165, 1.54) is 11.8 Å². The van der Waals surface area contributed by atoms with Crippen molar-refractivity contribution in [2.75, 3.05) is 10.5 Å². The van der Waals surface area contributed by atoms with Crippen LogP contribution in [0.3, 0.4) is 0 Å². The number of benzene rings is 2. The number of hydrogen-bond donors (Lipinski definition) is 2. The summed E-state index contributed by atoms with van der Waals surface area (Å²) in [6.45, 7) is 2.01. The van der Waals surface area contributed by atoms with Gasteiger partial charge in [-0.3, -0.25) is 9.52 Å². The number of rotatable bonds is 7. The maximum Gasteiger partial charge on any atom is 0.261 e. The maximum atomic E-state index is 12.5. The van der Waals surface area contributed by atoms with Crippen LogP contribution in [-0.4, -0.2) is 20.1 Å². The number of thioether (sulfide) groups is 1. The van der Waals surface area contributed by atoms with E-state index in [0.717, 1.165) is 12.0 Å². The van der Waals surface area contributed by atoms with E-state index in [2.05, 4.69) is 4.72 Å². The summed E-state index contributed by atoms with van der Waals surface area (Å²) in [4.78, 5) is 11.8. The molecule has 0 aromatic heterocycles. The van der Waals surface area contributed by atoms with Gasteiger partial charge < -0.3 is 5.73 Å². The molecule has 2 rings (SSSR count). The molecule has 23 heavy (non-hydrogen) atoms. The molecule has 0 saturated carbocycles. The van der Waals surface area contributed by atoms with Crippen molar-refractivity contribution in [1.29, 1.82) is 0 Å². The Morgan fingerprint density at radius 3 is 2.39 bits per heavy atom. The SMILES string of the molecule is CCc1ccc(S(=O)(=O)Nc2ccccc2SCC(N)=O)cc1. The third kappa shape index (κ3) is 4.74. The van der Waals surface area contributed by atoms with Gasteiger partial charge in [-0.2, -0.15) is 0 Å². The number of amides is 1. The summed E-state index contributed by atoms with van der Waals surface area (Å²) in [5, 5.41) is 0. The molecule has 0 aliphatic carbocycles. The first-order valence-electron chi connectivity index (χ1n) is 7.04. The van der Waals surface area contributed by atoms with Crippen molar-refractivity contribution in [3.8, 4) is 0 Å². The molecule has 0 aliphatic rings. The lowest BCUT2D eigenvalue weighted by molar-refractivity contribution is -0.115. The molecule has 1 amide bonds. The van der Waals surface area contributed by atoms with Crippen LogP contribution in [0, 0.1) is 0 Å². The Morgan fingerprint density at radius 1 is 1.13 bits per heavy atom. The second kappa shape index (κ2) is 7.52. The quantitative estimate of drug-likeness (QED) is 0.751. The summed E-state index contributed by atoms with van der Waals surface area (Å²) >= 11 is 1.20. The zero-order chi connectivity index (χ0) is 16.9. The maximum absolute atomic E-state index is 12.5. The molecule has 0 spiro atoms. The van der Waals surface area contributed by atoms with E-state index in [4.69, 9.17) is 5.73 Å². The number of nitrogens with one attached hydrogen (secondary N) is 1. The molecular formula is C16H18N2O3S2. The molecule has 0 fully saturated rings. The van der Waals surface area contributed by atoms with Crippen LogP contribution in [0.15, 0.2) is 58.3 Å². The highest BCUT2D eigenvalue weighted by Crippen LogP contribution is 2.28. The van der Waals surface area contributed by atoms with Gasteiger partial charge in [0.25, 0.3) is 10.0 Å². The van der Waals surface area contributed by atoms with E-state index >= 15 is 0 Å². The average molecular weight is 350 g/mol. The van der Waals surface area contributed by atoms with E-state index in [1.54, 1.807) is 48.5 Å². The highest BCUT2D eigenvalue weighted by atomic mass is 32.2.